The number of anilines is 1. The van der Waals surface area contributed by atoms with E-state index in [1.807, 2.05) is 18.2 Å². The number of halogens is 2. The van der Waals surface area contributed by atoms with Gasteiger partial charge in [0.2, 0.25) is 11.0 Å². The fourth-order valence-corrected chi connectivity index (χ4v) is 5.27. The first-order chi connectivity index (χ1) is 13.4. The van der Waals surface area contributed by atoms with Crippen LogP contribution in [-0.2, 0) is 11.3 Å². The van der Waals surface area contributed by atoms with E-state index in [1.165, 1.54) is 11.3 Å². The maximum Gasteiger partial charge on any atom is 0.229 e. The molecule has 0 spiro atoms. The second kappa shape index (κ2) is 10.3. The van der Waals surface area contributed by atoms with Crippen molar-refractivity contribution < 1.29 is 4.79 Å². The summed E-state index contributed by atoms with van der Waals surface area (Å²) < 4.78 is 0.899. The molecule has 1 aliphatic heterocycles. The number of rotatable bonds is 7. The average molecular weight is 459 g/mol. The van der Waals surface area contributed by atoms with E-state index in [0.717, 1.165) is 41.6 Å². The molecule has 9 heteroatoms. The van der Waals surface area contributed by atoms with Gasteiger partial charge in [0.1, 0.15) is 0 Å². The van der Waals surface area contributed by atoms with E-state index in [2.05, 4.69) is 34.3 Å². The molecule has 1 aromatic carbocycles. The zero-order chi connectivity index (χ0) is 20.1. The van der Waals surface area contributed by atoms with Gasteiger partial charge in [-0.2, -0.15) is 0 Å². The number of nitrogens with zero attached hydrogens (tertiary/aromatic N) is 3. The molecule has 1 N–H and O–H groups in total. The van der Waals surface area contributed by atoms with Crippen LogP contribution in [0.1, 0.15) is 32.3 Å². The molecule has 28 heavy (non-hydrogen) atoms. The first-order valence-corrected chi connectivity index (χ1v) is 11.9. The van der Waals surface area contributed by atoms with Crippen LogP contribution in [0.15, 0.2) is 22.5 Å². The van der Waals surface area contributed by atoms with Crippen LogP contribution in [0.5, 0.6) is 0 Å². The summed E-state index contributed by atoms with van der Waals surface area (Å²) in [6, 6.07) is 5.57. The second-order valence-corrected chi connectivity index (χ2v) is 10.4. The highest BCUT2D eigenvalue weighted by atomic mass is 35.5. The van der Waals surface area contributed by atoms with Gasteiger partial charge in [0.15, 0.2) is 4.34 Å². The molecular weight excluding hydrogens is 435 g/mol. The Morgan fingerprint density at radius 2 is 1.96 bits per heavy atom. The van der Waals surface area contributed by atoms with E-state index in [9.17, 15) is 4.79 Å². The van der Waals surface area contributed by atoms with Gasteiger partial charge in [-0.1, -0.05) is 66.2 Å². The summed E-state index contributed by atoms with van der Waals surface area (Å²) in [7, 11) is 0. The number of benzene rings is 1. The Hall–Kier alpha value is -0.860. The number of hydrogen-bond donors (Lipinski definition) is 1. The van der Waals surface area contributed by atoms with Gasteiger partial charge in [0.25, 0.3) is 0 Å². The molecule has 0 unspecified atom stereocenters. The summed E-state index contributed by atoms with van der Waals surface area (Å²) >= 11 is 15.7. The quantitative estimate of drug-likeness (QED) is 0.441. The van der Waals surface area contributed by atoms with Crippen molar-refractivity contribution in [2.45, 2.75) is 37.6 Å². The fourth-order valence-electron chi connectivity index (χ4n) is 3.02. The highest BCUT2D eigenvalue weighted by molar-refractivity contribution is 8.01. The molecule has 0 saturated carbocycles. The van der Waals surface area contributed by atoms with Crippen LogP contribution >= 0.6 is 46.3 Å². The third-order valence-electron chi connectivity index (χ3n) is 4.58. The van der Waals surface area contributed by atoms with Gasteiger partial charge in [-0.05, 0) is 44.0 Å². The number of amides is 1. The topological polar surface area (TPSA) is 58.1 Å². The predicted octanol–water partition coefficient (Wildman–Crippen LogP) is 5.44. The van der Waals surface area contributed by atoms with Gasteiger partial charge >= 0.3 is 0 Å². The highest BCUT2D eigenvalue weighted by Crippen LogP contribution is 2.29. The summed E-state index contributed by atoms with van der Waals surface area (Å²) in [5.74, 6) is 1.62. The summed E-state index contributed by atoms with van der Waals surface area (Å²) in [5, 5.41) is 13.1. The Bertz CT molecular complexity index is 787. The first kappa shape index (κ1) is 21.8. The van der Waals surface area contributed by atoms with Gasteiger partial charge in [0, 0.05) is 33.8 Å². The minimum Gasteiger partial charge on any atom is -0.300 e. The molecule has 1 saturated heterocycles. The van der Waals surface area contributed by atoms with E-state index in [-0.39, 0.29) is 11.8 Å². The van der Waals surface area contributed by atoms with Crippen molar-refractivity contribution in [3.63, 3.8) is 0 Å². The average Bonchev–Trinajstić information content (AvgIpc) is 3.11. The monoisotopic (exact) mass is 458 g/mol. The minimum atomic E-state index is -0.00589. The largest absolute Gasteiger partial charge is 0.300 e. The van der Waals surface area contributed by atoms with Crippen LogP contribution in [0.3, 0.4) is 0 Å². The van der Waals surface area contributed by atoms with Gasteiger partial charge in [-0.25, -0.2) is 0 Å². The standard InChI is InChI=1S/C19H24Cl2N4OS2/c1-12(2)11-27-19-24-23-18(28-19)22-17(26)13-6-8-25(9-7-13)10-14-15(20)4-3-5-16(14)21/h3-5,12-13H,6-11H2,1-2H3,(H,22,23,26). The zero-order valence-corrected chi connectivity index (χ0v) is 19.1. The normalized spacial score (nSPS) is 15.9. The van der Waals surface area contributed by atoms with Crippen molar-refractivity contribution >= 4 is 57.3 Å². The van der Waals surface area contributed by atoms with E-state index in [4.69, 9.17) is 23.2 Å². The van der Waals surface area contributed by atoms with Gasteiger partial charge in [-0.3, -0.25) is 9.69 Å². The molecule has 1 amide bonds. The number of nitrogens with one attached hydrogen (secondary N) is 1. The summed E-state index contributed by atoms with van der Waals surface area (Å²) in [4.78, 5) is 14.9. The lowest BCUT2D eigenvalue weighted by atomic mass is 9.95. The zero-order valence-electron chi connectivity index (χ0n) is 16.0. The SMILES string of the molecule is CC(C)CSc1nnc(NC(=O)C2CCN(Cc3c(Cl)cccc3Cl)CC2)s1. The maximum absolute atomic E-state index is 12.6. The summed E-state index contributed by atoms with van der Waals surface area (Å²) in [6.07, 6.45) is 1.61. The van der Waals surface area contributed by atoms with E-state index >= 15 is 0 Å². The van der Waals surface area contributed by atoms with Crippen LogP contribution in [0, 0.1) is 11.8 Å². The number of thioether (sulfide) groups is 1. The van der Waals surface area contributed by atoms with Crippen LogP contribution < -0.4 is 5.32 Å². The molecule has 1 aromatic heterocycles. The molecule has 1 fully saturated rings. The number of carbonyl (C=O) groups excluding carboxylic acids is 1. The molecule has 2 heterocycles. The predicted molar refractivity (Wildman–Crippen MR) is 119 cm³/mol. The van der Waals surface area contributed by atoms with Crippen molar-refractivity contribution in [2.75, 3.05) is 24.2 Å². The molecule has 2 aromatic rings. The van der Waals surface area contributed by atoms with Gasteiger partial charge < -0.3 is 5.32 Å². The van der Waals surface area contributed by atoms with Crippen molar-refractivity contribution in [1.29, 1.82) is 0 Å². The van der Waals surface area contributed by atoms with Crippen molar-refractivity contribution in [1.82, 2.24) is 15.1 Å². The number of aromatic nitrogens is 2. The number of likely N-dealkylation sites (tertiary alicyclic amines) is 1. The third-order valence-corrected chi connectivity index (χ3v) is 7.69. The highest BCUT2D eigenvalue weighted by Gasteiger charge is 2.26. The van der Waals surface area contributed by atoms with Gasteiger partial charge in [-0.15, -0.1) is 10.2 Å². The van der Waals surface area contributed by atoms with Crippen molar-refractivity contribution in [3.05, 3.63) is 33.8 Å². The molecule has 0 radical (unpaired) electrons. The Labute approximate surface area is 184 Å². The third kappa shape index (κ3) is 6.07. The van der Waals surface area contributed by atoms with E-state index in [0.29, 0.717) is 27.6 Å². The minimum absolute atomic E-state index is 0.00589. The van der Waals surface area contributed by atoms with E-state index in [1.54, 1.807) is 11.8 Å². The summed E-state index contributed by atoms with van der Waals surface area (Å²) in [5.41, 5.74) is 0.953. The van der Waals surface area contributed by atoms with E-state index < -0.39 is 0 Å². The number of carbonyl (C=O) groups is 1. The maximum atomic E-state index is 12.6. The van der Waals surface area contributed by atoms with Gasteiger partial charge in [0.05, 0.1) is 0 Å². The van der Waals surface area contributed by atoms with Crippen molar-refractivity contribution in [3.8, 4) is 0 Å². The lowest BCUT2D eigenvalue weighted by molar-refractivity contribution is -0.121. The molecule has 3 rings (SSSR count). The molecule has 5 nitrogen and oxygen atoms in total. The Balaban J connectivity index is 1.47. The summed E-state index contributed by atoms with van der Waals surface area (Å²) in [6.45, 7) is 6.72. The van der Waals surface area contributed by atoms with Crippen LogP contribution in [0.4, 0.5) is 5.13 Å². The fraction of sp³-hybridized carbons (Fsp3) is 0.526. The molecular formula is C19H24Cl2N4OS2. The first-order valence-electron chi connectivity index (χ1n) is 9.34. The lowest BCUT2D eigenvalue weighted by Crippen LogP contribution is -2.37. The van der Waals surface area contributed by atoms with Crippen LogP contribution in [0.25, 0.3) is 0 Å². The molecule has 152 valence electrons. The van der Waals surface area contributed by atoms with Crippen LogP contribution in [0.2, 0.25) is 10.0 Å². The molecule has 0 aliphatic carbocycles. The Morgan fingerprint density at radius 3 is 2.61 bits per heavy atom. The Kier molecular flexibility index (Phi) is 8.00. The molecule has 0 bridgehead atoms. The van der Waals surface area contributed by atoms with Crippen molar-refractivity contribution in [2.24, 2.45) is 11.8 Å². The molecule has 1 aliphatic rings. The second-order valence-electron chi connectivity index (χ2n) is 7.32. The smallest absolute Gasteiger partial charge is 0.229 e. The molecule has 0 atom stereocenters. The number of piperidine rings is 1. The lowest BCUT2D eigenvalue weighted by Gasteiger charge is -2.31. The van der Waals surface area contributed by atoms with Crippen LogP contribution in [-0.4, -0.2) is 39.8 Å². The Morgan fingerprint density at radius 1 is 1.29 bits per heavy atom. The number of hydrogen-bond acceptors (Lipinski definition) is 6.